The molecule has 1 aromatic carbocycles. The van der Waals surface area contributed by atoms with E-state index in [1.54, 1.807) is 0 Å². The Morgan fingerprint density at radius 2 is 1.85 bits per heavy atom. The van der Waals surface area contributed by atoms with Crippen LogP contribution in [0.4, 0.5) is 4.39 Å². The van der Waals surface area contributed by atoms with Gasteiger partial charge in [0.05, 0.1) is 6.10 Å². The van der Waals surface area contributed by atoms with E-state index in [2.05, 4.69) is 19.9 Å². The van der Waals surface area contributed by atoms with Crippen molar-refractivity contribution in [3.8, 4) is 0 Å². The van der Waals surface area contributed by atoms with Gasteiger partial charge < -0.3 is 4.74 Å². The molecule has 27 heavy (non-hydrogen) atoms. The normalized spacial score (nSPS) is 33.4. The van der Waals surface area contributed by atoms with Crippen molar-refractivity contribution in [3.63, 3.8) is 0 Å². The molecule has 0 bridgehead atoms. The molecule has 2 saturated carbocycles. The van der Waals surface area contributed by atoms with Gasteiger partial charge in [0.15, 0.2) is 0 Å². The van der Waals surface area contributed by atoms with Gasteiger partial charge in [-0.25, -0.2) is 4.39 Å². The fourth-order valence-electron chi connectivity index (χ4n) is 5.95. The SMILES string of the molecule is CCCCOC1CCC2CC(c3cc(F)c4c(c3)CCC(C)C4)CCC2C1. The van der Waals surface area contributed by atoms with Crippen LogP contribution in [0, 0.1) is 23.6 Å². The quantitative estimate of drug-likeness (QED) is 0.515. The van der Waals surface area contributed by atoms with Crippen molar-refractivity contribution in [2.45, 2.75) is 96.5 Å². The number of fused-ring (bicyclic) bond motifs is 2. The fraction of sp³-hybridized carbons (Fsp3) is 0.760. The van der Waals surface area contributed by atoms with Crippen molar-refractivity contribution in [2.24, 2.45) is 17.8 Å². The summed E-state index contributed by atoms with van der Waals surface area (Å²) >= 11 is 0. The van der Waals surface area contributed by atoms with E-state index >= 15 is 0 Å². The van der Waals surface area contributed by atoms with Crippen LogP contribution in [0.5, 0.6) is 0 Å². The summed E-state index contributed by atoms with van der Waals surface area (Å²) in [6.07, 6.45) is 13.7. The number of hydrogen-bond acceptors (Lipinski definition) is 1. The molecule has 0 radical (unpaired) electrons. The highest BCUT2D eigenvalue weighted by molar-refractivity contribution is 5.37. The molecule has 5 unspecified atom stereocenters. The second kappa shape index (κ2) is 8.64. The van der Waals surface area contributed by atoms with Gasteiger partial charge in [-0.3, -0.25) is 0 Å². The molecule has 2 heteroatoms. The van der Waals surface area contributed by atoms with Gasteiger partial charge in [-0.15, -0.1) is 0 Å². The van der Waals surface area contributed by atoms with E-state index < -0.39 is 0 Å². The molecule has 0 N–H and O–H groups in total. The van der Waals surface area contributed by atoms with Gasteiger partial charge in [-0.1, -0.05) is 26.3 Å². The second-order valence-electron chi connectivity index (χ2n) is 9.68. The molecule has 1 aromatic rings. The van der Waals surface area contributed by atoms with Crippen molar-refractivity contribution < 1.29 is 9.13 Å². The Labute approximate surface area is 165 Å². The smallest absolute Gasteiger partial charge is 0.126 e. The van der Waals surface area contributed by atoms with Crippen molar-refractivity contribution >= 4 is 0 Å². The third-order valence-corrected chi connectivity index (χ3v) is 7.66. The molecule has 0 aromatic heterocycles. The Kier molecular flexibility index (Phi) is 6.21. The first-order chi connectivity index (χ1) is 13.1. The van der Waals surface area contributed by atoms with Crippen LogP contribution in [0.1, 0.15) is 94.2 Å². The number of ether oxygens (including phenoxy) is 1. The minimum absolute atomic E-state index is 0.0733. The summed E-state index contributed by atoms with van der Waals surface area (Å²) in [5, 5.41) is 0. The van der Waals surface area contributed by atoms with Crippen LogP contribution in [0.3, 0.4) is 0 Å². The van der Waals surface area contributed by atoms with E-state index in [0.717, 1.165) is 36.8 Å². The first-order valence-corrected chi connectivity index (χ1v) is 11.6. The standard InChI is InChI=1S/C25H37FO/c1-3-4-11-27-23-10-9-18-13-19(7-8-20(18)15-23)22-14-21-6-5-17(2)12-24(21)25(26)16-22/h14,16-20,23H,3-13,15H2,1-2H3. The molecule has 2 fully saturated rings. The minimum Gasteiger partial charge on any atom is -0.378 e. The molecular formula is C25H37FO. The van der Waals surface area contributed by atoms with Crippen LogP contribution in [0.2, 0.25) is 0 Å². The average molecular weight is 373 g/mol. The zero-order chi connectivity index (χ0) is 18.8. The van der Waals surface area contributed by atoms with E-state index in [1.807, 2.05) is 6.07 Å². The van der Waals surface area contributed by atoms with Gasteiger partial charge in [-0.2, -0.15) is 0 Å². The lowest BCUT2D eigenvalue weighted by Crippen LogP contribution is -2.34. The van der Waals surface area contributed by atoms with Gasteiger partial charge in [0, 0.05) is 6.61 Å². The number of benzene rings is 1. The zero-order valence-electron chi connectivity index (χ0n) is 17.3. The van der Waals surface area contributed by atoms with Crippen LogP contribution < -0.4 is 0 Å². The predicted molar refractivity (Wildman–Crippen MR) is 110 cm³/mol. The Balaban J connectivity index is 1.38. The minimum atomic E-state index is 0.0733. The lowest BCUT2D eigenvalue weighted by Gasteiger charge is -2.42. The third kappa shape index (κ3) is 4.42. The van der Waals surface area contributed by atoms with Crippen molar-refractivity contribution in [1.29, 1.82) is 0 Å². The molecule has 0 aliphatic heterocycles. The molecule has 3 aliphatic carbocycles. The maximum atomic E-state index is 14.8. The number of hydrogen-bond donors (Lipinski definition) is 0. The van der Waals surface area contributed by atoms with Gasteiger partial charge in [0.2, 0.25) is 0 Å². The van der Waals surface area contributed by atoms with Crippen LogP contribution in [0.25, 0.3) is 0 Å². The van der Waals surface area contributed by atoms with E-state index in [-0.39, 0.29) is 5.82 Å². The Morgan fingerprint density at radius 1 is 1.04 bits per heavy atom. The van der Waals surface area contributed by atoms with Crippen LogP contribution >= 0.6 is 0 Å². The third-order valence-electron chi connectivity index (χ3n) is 7.66. The molecule has 0 saturated heterocycles. The molecule has 0 heterocycles. The van der Waals surface area contributed by atoms with Gasteiger partial charge >= 0.3 is 0 Å². The highest BCUT2D eigenvalue weighted by atomic mass is 19.1. The van der Waals surface area contributed by atoms with Gasteiger partial charge in [-0.05, 0) is 111 Å². The number of halogens is 1. The van der Waals surface area contributed by atoms with Crippen LogP contribution in [-0.2, 0) is 17.6 Å². The summed E-state index contributed by atoms with van der Waals surface area (Å²) in [6.45, 7) is 5.42. The lowest BCUT2D eigenvalue weighted by atomic mass is 9.65. The summed E-state index contributed by atoms with van der Waals surface area (Å²) in [5.74, 6) is 2.94. The lowest BCUT2D eigenvalue weighted by molar-refractivity contribution is -0.0159. The monoisotopic (exact) mass is 372 g/mol. The summed E-state index contributed by atoms with van der Waals surface area (Å²) in [5.41, 5.74) is 3.61. The van der Waals surface area contributed by atoms with E-state index in [4.69, 9.17) is 4.74 Å². The Bertz CT molecular complexity index is 639. The van der Waals surface area contributed by atoms with Crippen molar-refractivity contribution in [2.75, 3.05) is 6.61 Å². The molecule has 5 atom stereocenters. The summed E-state index contributed by atoms with van der Waals surface area (Å²) in [4.78, 5) is 0. The van der Waals surface area contributed by atoms with E-state index in [9.17, 15) is 4.39 Å². The van der Waals surface area contributed by atoms with Crippen molar-refractivity contribution in [1.82, 2.24) is 0 Å². The van der Waals surface area contributed by atoms with E-state index in [1.165, 1.54) is 68.9 Å². The molecule has 0 spiro atoms. The highest BCUT2D eigenvalue weighted by Crippen LogP contribution is 2.47. The summed E-state index contributed by atoms with van der Waals surface area (Å²) < 4.78 is 20.9. The van der Waals surface area contributed by atoms with Crippen LogP contribution in [-0.4, -0.2) is 12.7 Å². The number of aryl methyl sites for hydroxylation is 1. The summed E-state index contributed by atoms with van der Waals surface area (Å²) in [7, 11) is 0. The number of rotatable bonds is 5. The van der Waals surface area contributed by atoms with E-state index in [0.29, 0.717) is 17.9 Å². The first-order valence-electron chi connectivity index (χ1n) is 11.6. The maximum absolute atomic E-state index is 14.8. The molecule has 3 aliphatic rings. The summed E-state index contributed by atoms with van der Waals surface area (Å²) in [6, 6.07) is 4.26. The average Bonchev–Trinajstić information content (AvgIpc) is 2.68. The van der Waals surface area contributed by atoms with Gasteiger partial charge in [0.25, 0.3) is 0 Å². The zero-order valence-corrected chi connectivity index (χ0v) is 17.3. The second-order valence-corrected chi connectivity index (χ2v) is 9.68. The highest BCUT2D eigenvalue weighted by Gasteiger charge is 2.36. The topological polar surface area (TPSA) is 9.23 Å². The Morgan fingerprint density at radius 3 is 2.70 bits per heavy atom. The van der Waals surface area contributed by atoms with Crippen LogP contribution in [0.15, 0.2) is 12.1 Å². The fourth-order valence-corrected chi connectivity index (χ4v) is 5.95. The largest absolute Gasteiger partial charge is 0.378 e. The van der Waals surface area contributed by atoms with Crippen molar-refractivity contribution in [3.05, 3.63) is 34.6 Å². The maximum Gasteiger partial charge on any atom is 0.126 e. The molecule has 0 amide bonds. The first kappa shape index (κ1) is 19.4. The molecule has 150 valence electrons. The predicted octanol–water partition coefficient (Wildman–Crippen LogP) is 6.82. The molecular weight excluding hydrogens is 335 g/mol. The molecule has 1 nitrogen and oxygen atoms in total. The van der Waals surface area contributed by atoms with Gasteiger partial charge in [0.1, 0.15) is 5.82 Å². The molecule has 4 rings (SSSR count). The number of unbranched alkanes of at least 4 members (excludes halogenated alkanes) is 1. The Hall–Kier alpha value is -0.890.